The second-order valence-corrected chi connectivity index (χ2v) is 6.14. The van der Waals surface area contributed by atoms with E-state index in [2.05, 4.69) is 19.2 Å². The first-order valence-electron chi connectivity index (χ1n) is 7.23. The van der Waals surface area contributed by atoms with Gasteiger partial charge in [0.2, 0.25) is 5.91 Å². The zero-order chi connectivity index (χ0) is 13.1. The predicted octanol–water partition coefficient (Wildman–Crippen LogP) is 1.29. The van der Waals surface area contributed by atoms with Gasteiger partial charge in [0.05, 0.1) is 18.1 Å². The smallest absolute Gasteiger partial charge is 0.224 e. The Morgan fingerprint density at radius 1 is 1.39 bits per heavy atom. The minimum absolute atomic E-state index is 0.0505. The van der Waals surface area contributed by atoms with E-state index in [0.717, 1.165) is 19.4 Å². The van der Waals surface area contributed by atoms with Crippen LogP contribution in [0.25, 0.3) is 0 Å². The van der Waals surface area contributed by atoms with Crippen molar-refractivity contribution in [3.8, 4) is 0 Å². The molecule has 3 atom stereocenters. The molecule has 1 aliphatic carbocycles. The maximum absolute atomic E-state index is 12.2. The maximum atomic E-state index is 12.2. The molecular formula is C14H26N2O2. The molecule has 2 rings (SSSR count). The summed E-state index contributed by atoms with van der Waals surface area (Å²) in [5.41, 5.74) is 5.71. The Morgan fingerprint density at radius 2 is 2.11 bits per heavy atom. The van der Waals surface area contributed by atoms with Gasteiger partial charge in [-0.25, -0.2) is 0 Å². The van der Waals surface area contributed by atoms with Crippen LogP contribution in [0.1, 0.15) is 39.5 Å². The second kappa shape index (κ2) is 6.02. The molecule has 0 aromatic heterocycles. The molecule has 104 valence electrons. The summed E-state index contributed by atoms with van der Waals surface area (Å²) in [6.45, 7) is 5.47. The molecule has 2 aliphatic rings. The summed E-state index contributed by atoms with van der Waals surface area (Å²) in [6, 6.07) is 0.214. The first-order chi connectivity index (χ1) is 8.61. The molecule has 4 nitrogen and oxygen atoms in total. The summed E-state index contributed by atoms with van der Waals surface area (Å²) in [5, 5.41) is 3.16. The first-order valence-corrected chi connectivity index (χ1v) is 7.23. The second-order valence-electron chi connectivity index (χ2n) is 6.14. The van der Waals surface area contributed by atoms with Gasteiger partial charge in [-0.2, -0.15) is 0 Å². The van der Waals surface area contributed by atoms with Crippen molar-refractivity contribution in [2.75, 3.05) is 13.2 Å². The van der Waals surface area contributed by atoms with Gasteiger partial charge < -0.3 is 15.8 Å². The van der Waals surface area contributed by atoms with Gasteiger partial charge in [0.15, 0.2) is 0 Å². The lowest BCUT2D eigenvalue weighted by molar-refractivity contribution is -0.126. The van der Waals surface area contributed by atoms with Crippen molar-refractivity contribution in [3.05, 3.63) is 0 Å². The fraction of sp³-hybridized carbons (Fsp3) is 0.929. The zero-order valence-electron chi connectivity index (χ0n) is 11.5. The van der Waals surface area contributed by atoms with Crippen molar-refractivity contribution < 1.29 is 9.53 Å². The van der Waals surface area contributed by atoms with Crippen molar-refractivity contribution >= 4 is 5.91 Å². The number of nitrogens with two attached hydrogens (primary N) is 1. The molecule has 1 saturated heterocycles. The van der Waals surface area contributed by atoms with Crippen LogP contribution in [-0.4, -0.2) is 31.2 Å². The molecule has 1 amide bonds. The molecule has 0 aromatic carbocycles. The molecule has 18 heavy (non-hydrogen) atoms. The Kier molecular flexibility index (Phi) is 4.62. The monoisotopic (exact) mass is 254 g/mol. The van der Waals surface area contributed by atoms with E-state index in [0.29, 0.717) is 18.4 Å². The third-order valence-electron chi connectivity index (χ3n) is 3.96. The van der Waals surface area contributed by atoms with Crippen molar-refractivity contribution in [2.24, 2.45) is 23.5 Å². The Labute approximate surface area is 110 Å². The first kappa shape index (κ1) is 13.8. The van der Waals surface area contributed by atoms with Gasteiger partial charge in [0, 0.05) is 13.2 Å². The molecule has 3 N–H and O–H groups in total. The third-order valence-corrected chi connectivity index (χ3v) is 3.96. The van der Waals surface area contributed by atoms with Gasteiger partial charge in [-0.1, -0.05) is 13.8 Å². The normalized spacial score (nSPS) is 29.6. The molecule has 0 bridgehead atoms. The Bertz CT molecular complexity index is 290. The molecule has 2 fully saturated rings. The predicted molar refractivity (Wildman–Crippen MR) is 71.0 cm³/mol. The average molecular weight is 254 g/mol. The molecule has 4 heteroatoms. The minimum Gasteiger partial charge on any atom is -0.376 e. The summed E-state index contributed by atoms with van der Waals surface area (Å²) in [7, 11) is 0. The quantitative estimate of drug-likeness (QED) is 0.750. The van der Waals surface area contributed by atoms with Crippen LogP contribution in [0.15, 0.2) is 0 Å². The van der Waals surface area contributed by atoms with Crippen LogP contribution in [-0.2, 0) is 9.53 Å². The van der Waals surface area contributed by atoms with E-state index in [1.54, 1.807) is 0 Å². The fourth-order valence-electron chi connectivity index (χ4n) is 2.84. The van der Waals surface area contributed by atoms with Gasteiger partial charge in [-0.05, 0) is 37.5 Å². The molecule has 0 spiro atoms. The topological polar surface area (TPSA) is 64.4 Å². The summed E-state index contributed by atoms with van der Waals surface area (Å²) < 4.78 is 5.74. The molecule has 3 unspecified atom stereocenters. The van der Waals surface area contributed by atoms with Gasteiger partial charge in [0.25, 0.3) is 0 Å². The van der Waals surface area contributed by atoms with Crippen molar-refractivity contribution in [1.29, 1.82) is 0 Å². The van der Waals surface area contributed by atoms with E-state index < -0.39 is 0 Å². The lowest BCUT2D eigenvalue weighted by atomic mass is 9.95. The van der Waals surface area contributed by atoms with Crippen LogP contribution in [0.5, 0.6) is 0 Å². The van der Waals surface area contributed by atoms with Crippen LogP contribution < -0.4 is 11.1 Å². The molecular weight excluding hydrogens is 228 g/mol. The Balaban J connectivity index is 1.84. The number of hydrogen-bond acceptors (Lipinski definition) is 3. The number of ether oxygens (including phenoxy) is 1. The Morgan fingerprint density at radius 3 is 2.67 bits per heavy atom. The van der Waals surface area contributed by atoms with E-state index in [1.807, 2.05) is 0 Å². The highest BCUT2D eigenvalue weighted by molar-refractivity contribution is 5.79. The molecule has 1 aliphatic heterocycles. The highest BCUT2D eigenvalue weighted by Crippen LogP contribution is 2.38. The number of hydrogen-bond donors (Lipinski definition) is 2. The number of amides is 1. The molecule has 1 saturated carbocycles. The summed E-state index contributed by atoms with van der Waals surface area (Å²) >= 11 is 0. The van der Waals surface area contributed by atoms with E-state index in [1.165, 1.54) is 12.8 Å². The van der Waals surface area contributed by atoms with Crippen LogP contribution in [0, 0.1) is 17.8 Å². The number of nitrogens with one attached hydrogen (secondary N) is 1. The molecule has 1 heterocycles. The van der Waals surface area contributed by atoms with E-state index in [4.69, 9.17) is 10.5 Å². The summed E-state index contributed by atoms with van der Waals surface area (Å²) in [6.07, 6.45) is 4.58. The minimum atomic E-state index is -0.0505. The van der Waals surface area contributed by atoms with E-state index in [9.17, 15) is 4.79 Å². The van der Waals surface area contributed by atoms with Gasteiger partial charge in [-0.3, -0.25) is 4.79 Å². The van der Waals surface area contributed by atoms with Crippen LogP contribution in [0.4, 0.5) is 0 Å². The SMILES string of the molecule is CC(C)CC(CN)C(=O)NC1CCOC1C1CC1. The standard InChI is InChI=1S/C14H26N2O2/c1-9(2)7-11(8-15)14(17)16-12-5-6-18-13(12)10-3-4-10/h9-13H,3-8,15H2,1-2H3,(H,16,17). The van der Waals surface area contributed by atoms with E-state index >= 15 is 0 Å². The number of rotatable bonds is 6. The van der Waals surface area contributed by atoms with Crippen molar-refractivity contribution in [1.82, 2.24) is 5.32 Å². The van der Waals surface area contributed by atoms with Crippen molar-refractivity contribution in [2.45, 2.75) is 51.7 Å². The van der Waals surface area contributed by atoms with Gasteiger partial charge in [0.1, 0.15) is 0 Å². The lowest BCUT2D eigenvalue weighted by Crippen LogP contribution is -2.45. The highest BCUT2D eigenvalue weighted by Gasteiger charge is 2.41. The van der Waals surface area contributed by atoms with Crippen LogP contribution in [0.3, 0.4) is 0 Å². The van der Waals surface area contributed by atoms with Crippen molar-refractivity contribution in [3.63, 3.8) is 0 Å². The summed E-state index contributed by atoms with van der Waals surface area (Å²) in [5.74, 6) is 1.25. The molecule has 0 radical (unpaired) electrons. The Hall–Kier alpha value is -0.610. The van der Waals surface area contributed by atoms with Gasteiger partial charge in [-0.15, -0.1) is 0 Å². The van der Waals surface area contributed by atoms with Gasteiger partial charge >= 0.3 is 0 Å². The number of carbonyl (C=O) groups is 1. The zero-order valence-corrected chi connectivity index (χ0v) is 11.5. The average Bonchev–Trinajstić information content (AvgIpc) is 3.07. The third kappa shape index (κ3) is 3.45. The largest absolute Gasteiger partial charge is 0.376 e. The van der Waals surface area contributed by atoms with Crippen LogP contribution >= 0.6 is 0 Å². The fourth-order valence-corrected chi connectivity index (χ4v) is 2.84. The van der Waals surface area contributed by atoms with E-state index in [-0.39, 0.29) is 24.0 Å². The van der Waals surface area contributed by atoms with Crippen LogP contribution in [0.2, 0.25) is 0 Å². The molecule has 0 aromatic rings. The number of carbonyl (C=O) groups excluding carboxylic acids is 1. The lowest BCUT2D eigenvalue weighted by Gasteiger charge is -2.23. The summed E-state index contributed by atoms with van der Waals surface area (Å²) in [4.78, 5) is 12.2. The maximum Gasteiger partial charge on any atom is 0.224 e. The highest BCUT2D eigenvalue weighted by atomic mass is 16.5.